The van der Waals surface area contributed by atoms with Crippen molar-refractivity contribution in [1.82, 2.24) is 4.57 Å². The Morgan fingerprint density at radius 3 is 2.52 bits per heavy atom. The van der Waals surface area contributed by atoms with Gasteiger partial charge < -0.3 is 9.30 Å². The SMILES string of the molecule is CCOc1ccc2c(c1)s/c(=N\S(=O)(=O)c1ccc(Cl)cc1)n2CC. The molecule has 3 rings (SSSR count). The standard InChI is InChI=1S/C17H17ClN2O3S2/c1-3-20-15-10-7-13(23-4-2)11-16(15)24-17(20)19-25(21,22)14-8-5-12(18)6-9-14/h5-11H,3-4H2,1-2H3/b19-17-. The topological polar surface area (TPSA) is 60.7 Å². The molecule has 0 aliphatic heterocycles. The van der Waals surface area contributed by atoms with E-state index < -0.39 is 10.0 Å². The van der Waals surface area contributed by atoms with Crippen molar-refractivity contribution in [1.29, 1.82) is 0 Å². The number of sulfonamides is 1. The second-order valence-electron chi connectivity index (χ2n) is 5.21. The fourth-order valence-electron chi connectivity index (χ4n) is 2.45. The second kappa shape index (κ2) is 7.19. The monoisotopic (exact) mass is 396 g/mol. The van der Waals surface area contributed by atoms with E-state index in [1.165, 1.54) is 35.6 Å². The van der Waals surface area contributed by atoms with Gasteiger partial charge in [-0.25, -0.2) is 0 Å². The molecule has 132 valence electrons. The van der Waals surface area contributed by atoms with Gasteiger partial charge in [-0.3, -0.25) is 0 Å². The van der Waals surface area contributed by atoms with Gasteiger partial charge in [-0.2, -0.15) is 8.42 Å². The minimum atomic E-state index is -3.81. The summed E-state index contributed by atoms with van der Waals surface area (Å²) in [5.41, 5.74) is 0.931. The third-order valence-electron chi connectivity index (χ3n) is 3.59. The van der Waals surface area contributed by atoms with Crippen molar-refractivity contribution < 1.29 is 13.2 Å². The van der Waals surface area contributed by atoms with E-state index in [-0.39, 0.29) is 4.90 Å². The molecule has 5 nitrogen and oxygen atoms in total. The van der Waals surface area contributed by atoms with Gasteiger partial charge in [-0.15, -0.1) is 4.40 Å². The van der Waals surface area contributed by atoms with E-state index in [1.807, 2.05) is 36.6 Å². The molecule has 8 heteroatoms. The number of hydrogen-bond donors (Lipinski definition) is 0. The first-order valence-corrected chi connectivity index (χ1v) is 10.4. The summed E-state index contributed by atoms with van der Waals surface area (Å²) >= 11 is 7.15. The molecule has 0 radical (unpaired) electrons. The zero-order valence-electron chi connectivity index (χ0n) is 13.8. The first kappa shape index (κ1) is 18.0. The summed E-state index contributed by atoms with van der Waals surface area (Å²) in [7, 11) is -3.81. The third-order valence-corrected chi connectivity index (χ3v) is 6.28. The van der Waals surface area contributed by atoms with Gasteiger partial charge in [0, 0.05) is 11.6 Å². The van der Waals surface area contributed by atoms with Crippen LogP contribution >= 0.6 is 22.9 Å². The number of ether oxygens (including phenoxy) is 1. The average Bonchev–Trinajstić information content (AvgIpc) is 2.91. The molecule has 25 heavy (non-hydrogen) atoms. The normalized spacial score (nSPS) is 12.7. The Bertz CT molecular complexity index is 1070. The van der Waals surface area contributed by atoms with Crippen LogP contribution in [-0.2, 0) is 16.6 Å². The molecule has 2 aromatic carbocycles. The van der Waals surface area contributed by atoms with Crippen molar-refractivity contribution in [2.75, 3.05) is 6.61 Å². The van der Waals surface area contributed by atoms with Gasteiger partial charge in [-0.1, -0.05) is 22.9 Å². The molecule has 0 unspecified atom stereocenters. The zero-order chi connectivity index (χ0) is 18.0. The van der Waals surface area contributed by atoms with E-state index in [0.29, 0.717) is 23.0 Å². The summed E-state index contributed by atoms with van der Waals surface area (Å²) < 4.78 is 37.5. The van der Waals surface area contributed by atoms with Gasteiger partial charge in [0.15, 0.2) is 0 Å². The molecular weight excluding hydrogens is 380 g/mol. The quantitative estimate of drug-likeness (QED) is 0.653. The molecule has 0 spiro atoms. The molecular formula is C17H17ClN2O3S2. The van der Waals surface area contributed by atoms with Crippen LogP contribution in [0.2, 0.25) is 5.02 Å². The molecule has 0 saturated carbocycles. The first-order valence-electron chi connectivity index (χ1n) is 7.77. The van der Waals surface area contributed by atoms with E-state index in [4.69, 9.17) is 16.3 Å². The van der Waals surface area contributed by atoms with Gasteiger partial charge >= 0.3 is 0 Å². The Morgan fingerprint density at radius 2 is 1.88 bits per heavy atom. The molecule has 0 saturated heterocycles. The first-order chi connectivity index (χ1) is 11.9. The lowest BCUT2D eigenvalue weighted by Gasteiger charge is -2.04. The lowest BCUT2D eigenvalue weighted by atomic mass is 10.3. The van der Waals surface area contributed by atoms with E-state index >= 15 is 0 Å². The molecule has 0 amide bonds. The Hall–Kier alpha value is -1.83. The summed E-state index contributed by atoms with van der Waals surface area (Å²) in [5, 5.41) is 0.480. The molecule has 0 aliphatic carbocycles. The maximum Gasteiger partial charge on any atom is 0.285 e. The predicted octanol–water partition coefficient (Wildman–Crippen LogP) is 4.06. The maximum atomic E-state index is 12.6. The van der Waals surface area contributed by atoms with E-state index in [0.717, 1.165) is 16.0 Å². The number of fused-ring (bicyclic) bond motifs is 1. The number of rotatable bonds is 5. The van der Waals surface area contributed by atoms with Crippen LogP contribution in [0, 0.1) is 0 Å². The van der Waals surface area contributed by atoms with Crippen molar-refractivity contribution in [3.05, 3.63) is 52.3 Å². The van der Waals surface area contributed by atoms with E-state index in [2.05, 4.69) is 4.40 Å². The van der Waals surface area contributed by atoms with Crippen LogP contribution in [0.25, 0.3) is 10.2 Å². The Kier molecular flexibility index (Phi) is 5.17. The minimum absolute atomic E-state index is 0.118. The van der Waals surface area contributed by atoms with Crippen molar-refractivity contribution in [2.24, 2.45) is 4.40 Å². The summed E-state index contributed by atoms with van der Waals surface area (Å²) in [4.78, 5) is 0.549. The van der Waals surface area contributed by atoms with Crippen LogP contribution < -0.4 is 9.54 Å². The highest BCUT2D eigenvalue weighted by molar-refractivity contribution is 7.90. The number of benzene rings is 2. The van der Waals surface area contributed by atoms with E-state index in [1.54, 1.807) is 0 Å². The molecule has 3 aromatic rings. The van der Waals surface area contributed by atoms with Gasteiger partial charge in [-0.05, 0) is 56.3 Å². The van der Waals surface area contributed by atoms with Crippen molar-refractivity contribution in [2.45, 2.75) is 25.3 Å². The molecule has 0 fully saturated rings. The van der Waals surface area contributed by atoms with Crippen LogP contribution in [0.5, 0.6) is 5.75 Å². The van der Waals surface area contributed by atoms with E-state index in [9.17, 15) is 8.42 Å². The van der Waals surface area contributed by atoms with Gasteiger partial charge in [0.2, 0.25) is 4.80 Å². The molecule has 1 heterocycles. The number of hydrogen-bond acceptors (Lipinski definition) is 4. The lowest BCUT2D eigenvalue weighted by Crippen LogP contribution is -2.16. The van der Waals surface area contributed by atoms with Crippen molar-refractivity contribution >= 4 is 43.2 Å². The average molecular weight is 397 g/mol. The van der Waals surface area contributed by atoms with Gasteiger partial charge in [0.1, 0.15) is 5.75 Å². The van der Waals surface area contributed by atoms with Crippen LogP contribution in [-0.4, -0.2) is 19.6 Å². The molecule has 0 N–H and O–H groups in total. The van der Waals surface area contributed by atoms with Crippen molar-refractivity contribution in [3.63, 3.8) is 0 Å². The van der Waals surface area contributed by atoms with Crippen LogP contribution in [0.1, 0.15) is 13.8 Å². The fraction of sp³-hybridized carbons (Fsp3) is 0.235. The van der Waals surface area contributed by atoms with Crippen LogP contribution in [0.15, 0.2) is 51.8 Å². The highest BCUT2D eigenvalue weighted by Gasteiger charge is 2.14. The highest BCUT2D eigenvalue weighted by Crippen LogP contribution is 2.24. The second-order valence-corrected chi connectivity index (χ2v) is 8.26. The largest absolute Gasteiger partial charge is 0.494 e. The zero-order valence-corrected chi connectivity index (χ0v) is 16.2. The number of aryl methyl sites for hydroxylation is 1. The van der Waals surface area contributed by atoms with Crippen LogP contribution in [0.4, 0.5) is 0 Å². The molecule has 0 aliphatic rings. The van der Waals surface area contributed by atoms with Crippen molar-refractivity contribution in [3.8, 4) is 5.75 Å². The number of aromatic nitrogens is 1. The van der Waals surface area contributed by atoms with Gasteiger partial charge in [0.25, 0.3) is 10.0 Å². The Balaban J connectivity index is 2.16. The number of nitrogens with zero attached hydrogens (tertiary/aromatic N) is 2. The summed E-state index contributed by atoms with van der Waals surface area (Å²) in [5.74, 6) is 0.756. The summed E-state index contributed by atoms with van der Waals surface area (Å²) in [6.07, 6.45) is 0. The fourth-order valence-corrected chi connectivity index (χ4v) is 4.90. The van der Waals surface area contributed by atoms with Crippen LogP contribution in [0.3, 0.4) is 0 Å². The summed E-state index contributed by atoms with van der Waals surface area (Å²) in [6.45, 7) is 5.07. The molecule has 1 aromatic heterocycles. The Morgan fingerprint density at radius 1 is 1.16 bits per heavy atom. The maximum absolute atomic E-state index is 12.6. The Labute approximate surface area is 155 Å². The highest BCUT2D eigenvalue weighted by atomic mass is 35.5. The number of halogens is 1. The van der Waals surface area contributed by atoms with Gasteiger partial charge in [0.05, 0.1) is 21.7 Å². The minimum Gasteiger partial charge on any atom is -0.494 e. The molecule has 0 bridgehead atoms. The lowest BCUT2D eigenvalue weighted by molar-refractivity contribution is 0.341. The number of thiazole rings is 1. The summed E-state index contributed by atoms with van der Waals surface area (Å²) in [6, 6.07) is 11.7. The predicted molar refractivity (Wildman–Crippen MR) is 101 cm³/mol. The smallest absolute Gasteiger partial charge is 0.285 e. The molecule has 0 atom stereocenters. The third kappa shape index (κ3) is 3.73.